The SMILES string of the molecule is COc1cc(/C=C/c2ccc(C#N)cc2)ccc1/C=C/c1ccc(N)cc1. The van der Waals surface area contributed by atoms with Crippen molar-refractivity contribution in [3.05, 3.63) is 94.5 Å². The van der Waals surface area contributed by atoms with Crippen LogP contribution in [0.3, 0.4) is 0 Å². The van der Waals surface area contributed by atoms with Crippen molar-refractivity contribution < 1.29 is 4.74 Å². The fraction of sp³-hybridized carbons (Fsp3) is 0.0417. The van der Waals surface area contributed by atoms with Crippen molar-refractivity contribution >= 4 is 30.0 Å². The van der Waals surface area contributed by atoms with Crippen LogP contribution >= 0.6 is 0 Å². The summed E-state index contributed by atoms with van der Waals surface area (Å²) in [7, 11) is 1.67. The van der Waals surface area contributed by atoms with Gasteiger partial charge in [-0.3, -0.25) is 0 Å². The summed E-state index contributed by atoms with van der Waals surface area (Å²) in [5.74, 6) is 0.809. The predicted octanol–water partition coefficient (Wildman–Crippen LogP) is 5.49. The molecule has 3 aromatic carbocycles. The molecule has 0 bridgehead atoms. The van der Waals surface area contributed by atoms with Crippen LogP contribution in [-0.4, -0.2) is 7.11 Å². The molecule has 3 rings (SSSR count). The van der Waals surface area contributed by atoms with Gasteiger partial charge in [-0.25, -0.2) is 0 Å². The predicted molar refractivity (Wildman–Crippen MR) is 113 cm³/mol. The van der Waals surface area contributed by atoms with Gasteiger partial charge in [-0.05, 0) is 47.0 Å². The number of nitrogens with two attached hydrogens (primary N) is 1. The summed E-state index contributed by atoms with van der Waals surface area (Å²) < 4.78 is 5.53. The number of methoxy groups -OCH3 is 1. The molecule has 0 spiro atoms. The highest BCUT2D eigenvalue weighted by Crippen LogP contribution is 2.24. The van der Waals surface area contributed by atoms with Crippen LogP contribution in [0.25, 0.3) is 24.3 Å². The summed E-state index contributed by atoms with van der Waals surface area (Å²) in [5.41, 5.74) is 11.3. The third kappa shape index (κ3) is 4.87. The van der Waals surface area contributed by atoms with Crippen molar-refractivity contribution in [3.8, 4) is 11.8 Å². The van der Waals surface area contributed by atoms with Crippen LogP contribution in [0.4, 0.5) is 5.69 Å². The second-order valence-electron chi connectivity index (χ2n) is 6.07. The van der Waals surface area contributed by atoms with E-state index < -0.39 is 0 Å². The largest absolute Gasteiger partial charge is 0.496 e. The van der Waals surface area contributed by atoms with E-state index >= 15 is 0 Å². The van der Waals surface area contributed by atoms with E-state index in [1.807, 2.05) is 91.0 Å². The van der Waals surface area contributed by atoms with Crippen molar-refractivity contribution in [1.29, 1.82) is 5.26 Å². The first-order chi connectivity index (χ1) is 13.2. The lowest BCUT2D eigenvalue weighted by Crippen LogP contribution is -1.88. The summed E-state index contributed by atoms with van der Waals surface area (Å²) >= 11 is 0. The molecule has 0 aliphatic carbocycles. The lowest BCUT2D eigenvalue weighted by molar-refractivity contribution is 0.414. The van der Waals surface area contributed by atoms with Crippen LogP contribution in [0, 0.1) is 11.3 Å². The van der Waals surface area contributed by atoms with E-state index in [1.54, 1.807) is 7.11 Å². The molecule has 3 aromatic rings. The standard InChI is InChI=1S/C24H20N2O/c1-27-24-16-20(5-2-18-3-6-21(17-25)7-4-18)9-13-22(24)12-8-19-10-14-23(26)15-11-19/h2-16H,26H2,1H3/b5-2+,12-8+. The van der Waals surface area contributed by atoms with Crippen molar-refractivity contribution in [2.24, 2.45) is 0 Å². The highest BCUT2D eigenvalue weighted by Gasteiger charge is 2.01. The molecule has 2 N–H and O–H groups in total. The minimum absolute atomic E-state index is 0.658. The molecule has 0 unspecified atom stereocenters. The van der Waals surface area contributed by atoms with E-state index in [4.69, 9.17) is 15.7 Å². The van der Waals surface area contributed by atoms with E-state index in [1.165, 1.54) is 0 Å². The molecular weight excluding hydrogens is 332 g/mol. The molecule has 0 amide bonds. The Morgan fingerprint density at radius 2 is 1.33 bits per heavy atom. The fourth-order valence-corrected chi connectivity index (χ4v) is 2.62. The van der Waals surface area contributed by atoms with Gasteiger partial charge in [0.1, 0.15) is 5.75 Å². The Morgan fingerprint density at radius 3 is 1.96 bits per heavy atom. The second-order valence-corrected chi connectivity index (χ2v) is 6.07. The molecule has 132 valence electrons. The van der Waals surface area contributed by atoms with Crippen molar-refractivity contribution in [3.63, 3.8) is 0 Å². The number of hydrogen-bond donors (Lipinski definition) is 1. The smallest absolute Gasteiger partial charge is 0.126 e. The third-order valence-corrected chi connectivity index (χ3v) is 4.16. The molecule has 27 heavy (non-hydrogen) atoms. The first kappa shape index (κ1) is 18.0. The van der Waals surface area contributed by atoms with Crippen LogP contribution in [0.15, 0.2) is 66.7 Å². The van der Waals surface area contributed by atoms with Gasteiger partial charge in [0.05, 0.1) is 18.7 Å². The van der Waals surface area contributed by atoms with E-state index in [0.717, 1.165) is 33.7 Å². The number of nitrogen functional groups attached to an aromatic ring is 1. The molecule has 0 heterocycles. The van der Waals surface area contributed by atoms with Gasteiger partial charge < -0.3 is 10.5 Å². The molecule has 0 aromatic heterocycles. The van der Waals surface area contributed by atoms with Crippen molar-refractivity contribution in [2.45, 2.75) is 0 Å². The zero-order valence-corrected chi connectivity index (χ0v) is 15.1. The third-order valence-electron chi connectivity index (χ3n) is 4.16. The molecular formula is C24H20N2O. The first-order valence-electron chi connectivity index (χ1n) is 8.58. The van der Waals surface area contributed by atoms with E-state index in [0.29, 0.717) is 5.56 Å². The van der Waals surface area contributed by atoms with E-state index in [9.17, 15) is 0 Å². The van der Waals surface area contributed by atoms with Crippen molar-refractivity contribution in [2.75, 3.05) is 12.8 Å². The van der Waals surface area contributed by atoms with E-state index in [-0.39, 0.29) is 0 Å². The summed E-state index contributed by atoms with van der Waals surface area (Å²) in [6.45, 7) is 0. The Labute approximate surface area is 159 Å². The molecule has 0 saturated heterocycles. The molecule has 0 fully saturated rings. The van der Waals surface area contributed by atoms with Gasteiger partial charge in [-0.15, -0.1) is 0 Å². The van der Waals surface area contributed by atoms with Gasteiger partial charge in [0, 0.05) is 11.3 Å². The van der Waals surface area contributed by atoms with Gasteiger partial charge in [-0.1, -0.05) is 60.7 Å². The lowest BCUT2D eigenvalue weighted by Gasteiger charge is -2.06. The first-order valence-corrected chi connectivity index (χ1v) is 8.58. The Bertz CT molecular complexity index is 1010. The Kier molecular flexibility index (Phi) is 5.71. The molecule has 0 aliphatic heterocycles. The van der Waals surface area contributed by atoms with Gasteiger partial charge in [0.2, 0.25) is 0 Å². The maximum absolute atomic E-state index is 8.86. The molecule has 0 aliphatic rings. The van der Waals surface area contributed by atoms with Gasteiger partial charge >= 0.3 is 0 Å². The second kappa shape index (κ2) is 8.55. The maximum Gasteiger partial charge on any atom is 0.126 e. The molecule has 3 heteroatoms. The van der Waals surface area contributed by atoms with Crippen molar-refractivity contribution in [1.82, 2.24) is 0 Å². The maximum atomic E-state index is 8.86. The minimum atomic E-state index is 0.658. The number of nitriles is 1. The fourth-order valence-electron chi connectivity index (χ4n) is 2.62. The van der Waals surface area contributed by atoms with E-state index in [2.05, 4.69) is 6.07 Å². The normalized spacial score (nSPS) is 11.0. The Hall–Kier alpha value is -3.77. The number of hydrogen-bond acceptors (Lipinski definition) is 3. The van der Waals surface area contributed by atoms with Gasteiger partial charge in [0.15, 0.2) is 0 Å². The number of benzene rings is 3. The van der Waals surface area contributed by atoms with Gasteiger partial charge in [0.25, 0.3) is 0 Å². The minimum Gasteiger partial charge on any atom is -0.496 e. The zero-order chi connectivity index (χ0) is 19.1. The number of ether oxygens (including phenoxy) is 1. The lowest BCUT2D eigenvalue weighted by atomic mass is 10.1. The molecule has 0 radical (unpaired) electrons. The van der Waals surface area contributed by atoms with Crippen LogP contribution < -0.4 is 10.5 Å². The monoisotopic (exact) mass is 352 g/mol. The van der Waals surface area contributed by atoms with Crippen LogP contribution in [0.2, 0.25) is 0 Å². The number of nitrogens with zero attached hydrogens (tertiary/aromatic N) is 1. The highest BCUT2D eigenvalue weighted by atomic mass is 16.5. The van der Waals surface area contributed by atoms with Crippen LogP contribution in [0.1, 0.15) is 27.8 Å². The topological polar surface area (TPSA) is 59.0 Å². The Balaban J connectivity index is 1.78. The number of anilines is 1. The summed E-state index contributed by atoms with van der Waals surface area (Å²) in [5, 5.41) is 8.86. The van der Waals surface area contributed by atoms with Crippen LogP contribution in [0.5, 0.6) is 5.75 Å². The van der Waals surface area contributed by atoms with Crippen LogP contribution in [-0.2, 0) is 0 Å². The quantitative estimate of drug-likeness (QED) is 0.488. The Morgan fingerprint density at radius 1 is 0.778 bits per heavy atom. The molecule has 0 saturated carbocycles. The number of rotatable bonds is 5. The average molecular weight is 352 g/mol. The highest BCUT2D eigenvalue weighted by molar-refractivity contribution is 5.76. The van der Waals surface area contributed by atoms with Gasteiger partial charge in [-0.2, -0.15) is 5.26 Å². The molecule has 3 nitrogen and oxygen atoms in total. The zero-order valence-electron chi connectivity index (χ0n) is 15.1. The molecule has 0 atom stereocenters. The average Bonchev–Trinajstić information content (AvgIpc) is 2.72. The summed E-state index contributed by atoms with van der Waals surface area (Å²) in [6, 6.07) is 23.4. The summed E-state index contributed by atoms with van der Waals surface area (Å²) in [6.07, 6.45) is 8.10. The summed E-state index contributed by atoms with van der Waals surface area (Å²) in [4.78, 5) is 0.